The molecule has 5 heteroatoms. The molecule has 4 aromatic carbocycles. The summed E-state index contributed by atoms with van der Waals surface area (Å²) in [6.45, 7) is 1.91. The number of carbonyl (C=O) groups excluding carboxylic acids is 1. The van der Waals surface area contributed by atoms with E-state index in [4.69, 9.17) is 11.6 Å². The van der Waals surface area contributed by atoms with Crippen LogP contribution in [0.4, 0.5) is 0 Å². The molecule has 0 bridgehead atoms. The summed E-state index contributed by atoms with van der Waals surface area (Å²) in [5, 5.41) is 0.561. The standard InChI is InChI=1S/C30H23ClN2OS/c1-20-13-14-25(19-26(20)31)29(34)32-30-33(2)27(28(35-30)24-11-7-4-8-12-24)23-17-15-22(16-18-23)21-9-5-3-6-10-21/h3-19H,1-2H3. The highest BCUT2D eigenvalue weighted by atomic mass is 35.5. The molecule has 0 aliphatic carbocycles. The fraction of sp³-hybridized carbons (Fsp3) is 0.0667. The van der Waals surface area contributed by atoms with Crippen molar-refractivity contribution in [3.8, 4) is 32.8 Å². The van der Waals surface area contributed by atoms with E-state index < -0.39 is 0 Å². The predicted molar refractivity (Wildman–Crippen MR) is 146 cm³/mol. The summed E-state index contributed by atoms with van der Waals surface area (Å²) in [5.74, 6) is -0.311. The lowest BCUT2D eigenvalue weighted by atomic mass is 10.0. The van der Waals surface area contributed by atoms with Crippen molar-refractivity contribution >= 4 is 28.8 Å². The zero-order chi connectivity index (χ0) is 24.4. The first-order valence-electron chi connectivity index (χ1n) is 11.3. The second-order valence-corrected chi connectivity index (χ2v) is 9.70. The first kappa shape index (κ1) is 23.0. The lowest BCUT2D eigenvalue weighted by molar-refractivity contribution is 0.0998. The van der Waals surface area contributed by atoms with Crippen LogP contribution in [-0.2, 0) is 7.05 Å². The number of amides is 1. The summed E-state index contributed by atoms with van der Waals surface area (Å²) < 4.78 is 2.00. The van der Waals surface area contributed by atoms with Gasteiger partial charge in [-0.3, -0.25) is 4.79 Å². The van der Waals surface area contributed by atoms with Gasteiger partial charge in [0.05, 0.1) is 10.6 Å². The van der Waals surface area contributed by atoms with Gasteiger partial charge in [0.25, 0.3) is 5.91 Å². The van der Waals surface area contributed by atoms with E-state index in [-0.39, 0.29) is 5.91 Å². The van der Waals surface area contributed by atoms with Gasteiger partial charge in [0.1, 0.15) is 0 Å². The first-order valence-corrected chi connectivity index (χ1v) is 12.5. The van der Waals surface area contributed by atoms with Crippen LogP contribution in [0.5, 0.6) is 0 Å². The number of hydrogen-bond acceptors (Lipinski definition) is 2. The molecule has 5 aromatic rings. The van der Waals surface area contributed by atoms with Crippen molar-refractivity contribution in [1.82, 2.24) is 4.57 Å². The summed E-state index contributed by atoms with van der Waals surface area (Å²) in [5.41, 5.74) is 6.91. The molecule has 0 saturated heterocycles. The highest BCUT2D eigenvalue weighted by Crippen LogP contribution is 2.35. The topological polar surface area (TPSA) is 34.4 Å². The number of halogens is 1. The second-order valence-electron chi connectivity index (χ2n) is 8.31. The second kappa shape index (κ2) is 9.87. The summed E-state index contributed by atoms with van der Waals surface area (Å²) in [6, 6.07) is 34.3. The van der Waals surface area contributed by atoms with Gasteiger partial charge in [0, 0.05) is 17.6 Å². The number of rotatable bonds is 4. The molecule has 35 heavy (non-hydrogen) atoms. The molecule has 0 aliphatic heterocycles. The average molecular weight is 495 g/mol. The maximum absolute atomic E-state index is 13.0. The van der Waals surface area contributed by atoms with E-state index in [9.17, 15) is 4.79 Å². The van der Waals surface area contributed by atoms with E-state index in [0.717, 1.165) is 32.8 Å². The van der Waals surface area contributed by atoms with Gasteiger partial charge in [0.2, 0.25) is 0 Å². The van der Waals surface area contributed by atoms with E-state index in [1.165, 1.54) is 16.9 Å². The number of hydrogen-bond donors (Lipinski definition) is 0. The summed E-state index contributed by atoms with van der Waals surface area (Å²) >= 11 is 7.75. The zero-order valence-corrected chi connectivity index (χ0v) is 21.0. The van der Waals surface area contributed by atoms with Crippen LogP contribution in [0.2, 0.25) is 5.02 Å². The molecule has 0 fully saturated rings. The molecule has 0 radical (unpaired) electrons. The lowest BCUT2D eigenvalue weighted by Gasteiger charge is -2.09. The fourth-order valence-corrected chi connectivity index (χ4v) is 5.32. The van der Waals surface area contributed by atoms with Gasteiger partial charge >= 0.3 is 0 Å². The smallest absolute Gasteiger partial charge is 0.279 e. The van der Waals surface area contributed by atoms with Crippen LogP contribution in [0.1, 0.15) is 15.9 Å². The van der Waals surface area contributed by atoms with E-state index in [1.54, 1.807) is 12.1 Å². The van der Waals surface area contributed by atoms with Gasteiger partial charge in [-0.1, -0.05) is 114 Å². The molecule has 3 nitrogen and oxygen atoms in total. The van der Waals surface area contributed by atoms with Crippen molar-refractivity contribution in [2.75, 3.05) is 0 Å². The molecular formula is C30H23ClN2OS. The maximum atomic E-state index is 13.0. The van der Waals surface area contributed by atoms with Crippen LogP contribution in [0.15, 0.2) is 108 Å². The molecule has 0 N–H and O–H groups in total. The van der Waals surface area contributed by atoms with E-state index in [2.05, 4.69) is 53.5 Å². The molecule has 0 spiro atoms. The minimum absolute atomic E-state index is 0.311. The van der Waals surface area contributed by atoms with Crippen molar-refractivity contribution in [3.63, 3.8) is 0 Å². The minimum Gasteiger partial charge on any atom is -0.319 e. The van der Waals surface area contributed by atoms with Gasteiger partial charge in [-0.25, -0.2) is 0 Å². The highest BCUT2D eigenvalue weighted by Gasteiger charge is 2.16. The Balaban J connectivity index is 1.62. The molecule has 0 atom stereocenters. The molecular weight excluding hydrogens is 472 g/mol. The Bertz CT molecular complexity index is 1570. The third kappa shape index (κ3) is 4.76. The van der Waals surface area contributed by atoms with Crippen molar-refractivity contribution in [3.05, 3.63) is 124 Å². The molecule has 172 valence electrons. The maximum Gasteiger partial charge on any atom is 0.279 e. The fourth-order valence-electron chi connectivity index (χ4n) is 3.99. The Morgan fingerprint density at radius 3 is 1.97 bits per heavy atom. The van der Waals surface area contributed by atoms with Crippen LogP contribution in [-0.4, -0.2) is 10.5 Å². The van der Waals surface area contributed by atoms with Crippen LogP contribution >= 0.6 is 22.9 Å². The third-order valence-corrected chi connectivity index (χ3v) is 7.54. The molecule has 1 amide bonds. The van der Waals surface area contributed by atoms with Gasteiger partial charge in [-0.15, -0.1) is 0 Å². The minimum atomic E-state index is -0.311. The van der Waals surface area contributed by atoms with Gasteiger partial charge in [0.15, 0.2) is 4.80 Å². The number of aromatic nitrogens is 1. The Morgan fingerprint density at radius 1 is 0.771 bits per heavy atom. The Morgan fingerprint density at radius 2 is 1.34 bits per heavy atom. The third-order valence-electron chi connectivity index (χ3n) is 5.95. The normalized spacial score (nSPS) is 11.6. The van der Waals surface area contributed by atoms with Crippen molar-refractivity contribution in [2.45, 2.75) is 6.92 Å². The van der Waals surface area contributed by atoms with Crippen LogP contribution in [0.25, 0.3) is 32.8 Å². The Kier molecular flexibility index (Phi) is 6.49. The molecule has 1 aromatic heterocycles. The Labute approximate surface area is 213 Å². The number of carbonyl (C=O) groups is 1. The van der Waals surface area contributed by atoms with Crippen molar-refractivity contribution in [1.29, 1.82) is 0 Å². The summed E-state index contributed by atoms with van der Waals surface area (Å²) in [7, 11) is 1.96. The quantitative estimate of drug-likeness (QED) is 0.251. The number of thiazole rings is 1. The molecule has 0 aliphatic rings. The first-order chi connectivity index (χ1) is 17.0. The predicted octanol–water partition coefficient (Wildman–Crippen LogP) is 7.79. The molecule has 1 heterocycles. The van der Waals surface area contributed by atoms with E-state index >= 15 is 0 Å². The highest BCUT2D eigenvalue weighted by molar-refractivity contribution is 7.13. The SMILES string of the molecule is Cc1ccc(C(=O)N=c2sc(-c3ccccc3)c(-c3ccc(-c4ccccc4)cc3)n2C)cc1Cl. The van der Waals surface area contributed by atoms with E-state index in [1.807, 2.05) is 61.0 Å². The largest absolute Gasteiger partial charge is 0.319 e. The van der Waals surface area contributed by atoms with Crippen molar-refractivity contribution < 1.29 is 4.79 Å². The lowest BCUT2D eigenvalue weighted by Crippen LogP contribution is -2.14. The number of aryl methyl sites for hydroxylation is 1. The monoisotopic (exact) mass is 494 g/mol. The van der Waals surface area contributed by atoms with Gasteiger partial charge < -0.3 is 4.57 Å². The zero-order valence-electron chi connectivity index (χ0n) is 19.4. The summed E-state index contributed by atoms with van der Waals surface area (Å²) in [6.07, 6.45) is 0. The van der Waals surface area contributed by atoms with Gasteiger partial charge in [-0.05, 0) is 46.9 Å². The van der Waals surface area contributed by atoms with Crippen LogP contribution in [0.3, 0.4) is 0 Å². The van der Waals surface area contributed by atoms with Crippen molar-refractivity contribution in [2.24, 2.45) is 12.0 Å². The van der Waals surface area contributed by atoms with E-state index in [0.29, 0.717) is 15.4 Å². The molecule has 0 unspecified atom stereocenters. The van der Waals surface area contributed by atoms with Gasteiger partial charge in [-0.2, -0.15) is 4.99 Å². The van der Waals surface area contributed by atoms with Crippen LogP contribution < -0.4 is 4.80 Å². The molecule has 0 saturated carbocycles. The summed E-state index contributed by atoms with van der Waals surface area (Å²) in [4.78, 5) is 19.2. The number of nitrogens with zero attached hydrogens (tertiary/aromatic N) is 2. The number of benzene rings is 4. The van der Waals surface area contributed by atoms with Crippen LogP contribution in [0, 0.1) is 6.92 Å². The average Bonchev–Trinajstić information content (AvgIpc) is 3.22. The Hall–Kier alpha value is -3.73. The molecule has 5 rings (SSSR count).